The van der Waals surface area contributed by atoms with Gasteiger partial charge in [0.05, 0.1) is 22.4 Å². The van der Waals surface area contributed by atoms with Crippen molar-refractivity contribution in [3.05, 3.63) is 57.4 Å². The molecule has 1 aromatic carbocycles. The monoisotopic (exact) mass is 440 g/mol. The van der Waals surface area contributed by atoms with Crippen LogP contribution in [0.3, 0.4) is 0 Å². The summed E-state index contributed by atoms with van der Waals surface area (Å²) in [6.07, 6.45) is 0.177. The third kappa shape index (κ3) is 4.45. The molecule has 0 spiro atoms. The molecule has 0 aliphatic carbocycles. The van der Waals surface area contributed by atoms with Gasteiger partial charge in [-0.2, -0.15) is 0 Å². The number of amides is 1. The van der Waals surface area contributed by atoms with E-state index in [9.17, 15) is 4.79 Å². The Morgan fingerprint density at radius 1 is 1.19 bits per heavy atom. The average molecular weight is 441 g/mol. The van der Waals surface area contributed by atoms with E-state index >= 15 is 0 Å². The number of para-hydroxylation sites is 2. The summed E-state index contributed by atoms with van der Waals surface area (Å²) in [5, 5.41) is 0.957. The quantitative estimate of drug-likeness (QED) is 0.528. The molecule has 7 nitrogen and oxygen atoms in total. The van der Waals surface area contributed by atoms with Crippen molar-refractivity contribution in [3.8, 4) is 0 Å². The van der Waals surface area contributed by atoms with Gasteiger partial charge in [0.25, 0.3) is 0 Å². The fourth-order valence-corrected chi connectivity index (χ4v) is 4.57. The van der Waals surface area contributed by atoms with Crippen molar-refractivity contribution in [1.82, 2.24) is 9.80 Å². The number of nitrogens with zero attached hydrogens (tertiary/aromatic N) is 4. The van der Waals surface area contributed by atoms with E-state index in [0.29, 0.717) is 17.9 Å². The zero-order valence-electron chi connectivity index (χ0n) is 18.3. The van der Waals surface area contributed by atoms with E-state index in [1.54, 1.807) is 16.2 Å². The van der Waals surface area contributed by atoms with E-state index in [1.165, 1.54) is 0 Å². The van der Waals surface area contributed by atoms with Crippen LogP contribution in [-0.2, 0) is 9.47 Å². The molecule has 1 amide bonds. The SMILES string of the molecule is C=C(CC)OCOC(=O)N1C(N2CCN(C)CC2)=c2cc(C)sc2=Nc2ccccc21. The molecule has 1 saturated heterocycles. The van der Waals surface area contributed by atoms with Gasteiger partial charge in [-0.1, -0.05) is 25.6 Å². The van der Waals surface area contributed by atoms with Crippen LogP contribution in [-0.4, -0.2) is 55.9 Å². The summed E-state index contributed by atoms with van der Waals surface area (Å²) in [6, 6.07) is 9.79. The first-order valence-electron chi connectivity index (χ1n) is 10.5. The predicted molar refractivity (Wildman–Crippen MR) is 123 cm³/mol. The highest BCUT2D eigenvalue weighted by Crippen LogP contribution is 2.34. The van der Waals surface area contributed by atoms with Crippen molar-refractivity contribution < 1.29 is 14.3 Å². The van der Waals surface area contributed by atoms with E-state index in [0.717, 1.165) is 52.5 Å². The van der Waals surface area contributed by atoms with Crippen molar-refractivity contribution in [1.29, 1.82) is 0 Å². The van der Waals surface area contributed by atoms with E-state index in [4.69, 9.17) is 14.5 Å². The number of benzene rings is 1. The molecule has 0 saturated carbocycles. The van der Waals surface area contributed by atoms with Gasteiger partial charge in [0.2, 0.25) is 6.79 Å². The molecule has 2 aliphatic heterocycles. The Bertz CT molecular complexity index is 1100. The van der Waals surface area contributed by atoms with Crippen LogP contribution < -0.4 is 14.8 Å². The molecule has 8 heteroatoms. The molecule has 164 valence electrons. The van der Waals surface area contributed by atoms with Crippen LogP contribution in [0.4, 0.5) is 16.2 Å². The minimum Gasteiger partial charge on any atom is -0.462 e. The summed E-state index contributed by atoms with van der Waals surface area (Å²) >= 11 is 1.63. The number of carbonyl (C=O) groups excluding carboxylic acids is 1. The summed E-state index contributed by atoms with van der Waals surface area (Å²) in [7, 11) is 2.11. The molecule has 2 aromatic rings. The third-order valence-electron chi connectivity index (χ3n) is 5.46. The van der Waals surface area contributed by atoms with Crippen LogP contribution in [0, 0.1) is 6.92 Å². The standard InChI is InChI=1S/C23H28N4O3S/c1-5-16(2)29-15-30-23(28)27-20-9-7-6-8-19(20)24-21-18(14-17(3)31-21)22(27)26-12-10-25(4)11-13-26/h6-9,14H,2,5,10-13,15H2,1,3-4H3. The lowest BCUT2D eigenvalue weighted by Gasteiger charge is -2.38. The van der Waals surface area contributed by atoms with Gasteiger partial charge in [-0.3, -0.25) is 0 Å². The van der Waals surface area contributed by atoms with Gasteiger partial charge in [0, 0.05) is 37.5 Å². The highest BCUT2D eigenvalue weighted by Gasteiger charge is 2.32. The lowest BCUT2D eigenvalue weighted by Crippen LogP contribution is -2.51. The van der Waals surface area contributed by atoms with Gasteiger partial charge in [0.15, 0.2) is 0 Å². The number of fused-ring (bicyclic) bond motifs is 2. The highest BCUT2D eigenvalue weighted by molar-refractivity contribution is 7.09. The highest BCUT2D eigenvalue weighted by atomic mass is 32.1. The zero-order chi connectivity index (χ0) is 22.0. The summed E-state index contributed by atoms with van der Waals surface area (Å²) in [5.41, 5.74) is 1.45. The first kappa shape index (κ1) is 21.4. The number of hydrogen-bond donors (Lipinski definition) is 0. The maximum absolute atomic E-state index is 13.4. The molecular weight excluding hydrogens is 412 g/mol. The van der Waals surface area contributed by atoms with Crippen molar-refractivity contribution in [3.63, 3.8) is 0 Å². The minimum absolute atomic E-state index is 0.174. The second-order valence-corrected chi connectivity index (χ2v) is 8.93. The number of rotatable bonds is 5. The summed E-state index contributed by atoms with van der Waals surface area (Å²) in [6.45, 7) is 11.1. The number of ether oxygens (including phenoxy) is 2. The molecule has 0 unspecified atom stereocenters. The minimum atomic E-state index is -0.489. The normalized spacial score (nSPS) is 16.2. The molecule has 0 N–H and O–H groups in total. The molecular formula is C23H28N4O3S. The fraction of sp³-hybridized carbons (Fsp3) is 0.391. The molecule has 0 radical (unpaired) electrons. The number of hydrogen-bond acceptors (Lipinski definition) is 7. The second kappa shape index (κ2) is 9.11. The number of aryl methyl sites for hydroxylation is 1. The Morgan fingerprint density at radius 3 is 2.68 bits per heavy atom. The van der Waals surface area contributed by atoms with Gasteiger partial charge >= 0.3 is 6.09 Å². The topological polar surface area (TPSA) is 57.6 Å². The Hall–Kier alpha value is -2.84. The Balaban J connectivity index is 1.81. The second-order valence-electron chi connectivity index (χ2n) is 7.69. The first-order valence-corrected chi connectivity index (χ1v) is 11.3. The van der Waals surface area contributed by atoms with Crippen LogP contribution in [0.1, 0.15) is 18.2 Å². The molecule has 3 heterocycles. The molecule has 0 bridgehead atoms. The largest absolute Gasteiger partial charge is 0.462 e. The number of thiophene rings is 1. The van der Waals surface area contributed by atoms with E-state index in [1.807, 2.05) is 31.2 Å². The number of piperazine rings is 1. The van der Waals surface area contributed by atoms with E-state index in [-0.39, 0.29) is 6.79 Å². The van der Waals surface area contributed by atoms with Gasteiger partial charge in [-0.05, 0) is 32.2 Å². The van der Waals surface area contributed by atoms with Crippen molar-refractivity contribution >= 4 is 34.6 Å². The maximum atomic E-state index is 13.4. The number of anilines is 1. The zero-order valence-corrected chi connectivity index (χ0v) is 19.1. The van der Waals surface area contributed by atoms with Crippen LogP contribution in [0.15, 0.2) is 47.7 Å². The van der Waals surface area contributed by atoms with Crippen LogP contribution in [0.5, 0.6) is 0 Å². The molecule has 4 rings (SSSR count). The van der Waals surface area contributed by atoms with Crippen molar-refractivity contribution in [2.45, 2.75) is 20.3 Å². The van der Waals surface area contributed by atoms with Crippen LogP contribution >= 0.6 is 11.3 Å². The lowest BCUT2D eigenvalue weighted by molar-refractivity contribution is 0.0218. The van der Waals surface area contributed by atoms with Gasteiger partial charge in [-0.25, -0.2) is 14.7 Å². The Morgan fingerprint density at radius 2 is 1.94 bits per heavy atom. The molecule has 1 aromatic heterocycles. The summed E-state index contributed by atoms with van der Waals surface area (Å²) in [4.78, 5) is 25.7. The fourth-order valence-electron chi connectivity index (χ4n) is 3.68. The van der Waals surface area contributed by atoms with Crippen LogP contribution in [0.2, 0.25) is 0 Å². The molecule has 0 atom stereocenters. The van der Waals surface area contributed by atoms with Gasteiger partial charge in [0.1, 0.15) is 10.5 Å². The summed E-state index contributed by atoms with van der Waals surface area (Å²) < 4.78 is 11.9. The molecule has 2 aliphatic rings. The molecule has 31 heavy (non-hydrogen) atoms. The smallest absolute Gasteiger partial charge is 0.423 e. The third-order valence-corrected chi connectivity index (χ3v) is 6.40. The van der Waals surface area contributed by atoms with Crippen molar-refractivity contribution in [2.75, 3.05) is 44.9 Å². The predicted octanol–water partition coefficient (Wildman–Crippen LogP) is 3.18. The molecule has 1 fully saturated rings. The van der Waals surface area contributed by atoms with E-state index in [2.05, 4.69) is 36.4 Å². The van der Waals surface area contributed by atoms with Gasteiger partial charge < -0.3 is 19.3 Å². The Kier molecular flexibility index (Phi) is 6.29. The maximum Gasteiger partial charge on any atom is 0.423 e. The average Bonchev–Trinajstić information content (AvgIpc) is 3.06. The first-order chi connectivity index (χ1) is 15.0. The van der Waals surface area contributed by atoms with Gasteiger partial charge in [-0.15, -0.1) is 11.3 Å². The van der Waals surface area contributed by atoms with E-state index < -0.39 is 6.09 Å². The summed E-state index contributed by atoms with van der Waals surface area (Å²) in [5.74, 6) is 1.40. The lowest BCUT2D eigenvalue weighted by atomic mass is 10.2. The number of carbonyl (C=O) groups is 1. The van der Waals surface area contributed by atoms with Crippen molar-refractivity contribution in [2.24, 2.45) is 4.99 Å². The Labute approximate surface area is 186 Å². The number of allylic oxidation sites excluding steroid dienone is 1. The van der Waals surface area contributed by atoms with Crippen LogP contribution in [0.25, 0.3) is 5.82 Å². The number of likely N-dealkylation sites (N-methyl/N-ethyl adjacent to an activating group) is 1.